The number of nitrogens with zero attached hydrogens (tertiary/aromatic N) is 1. The molecule has 0 spiro atoms. The van der Waals surface area contributed by atoms with E-state index in [9.17, 15) is 5.11 Å². The molecule has 0 saturated carbocycles. The van der Waals surface area contributed by atoms with Crippen LogP contribution in [-0.4, -0.2) is 31.9 Å². The van der Waals surface area contributed by atoms with E-state index in [1.807, 2.05) is 6.07 Å². The molecule has 2 rings (SSSR count). The Labute approximate surface area is 103 Å². The molecule has 1 heterocycles. The number of hydrogen-bond acceptors (Lipinski definition) is 3. The number of benzene rings is 1. The zero-order valence-electron chi connectivity index (χ0n) is 10.9. The van der Waals surface area contributed by atoms with Crippen LogP contribution in [0.2, 0.25) is 0 Å². The van der Waals surface area contributed by atoms with E-state index in [0.29, 0.717) is 0 Å². The molecule has 1 aromatic rings. The maximum Gasteiger partial charge on any atom is 0.142 e. The Morgan fingerprint density at radius 2 is 2.18 bits per heavy atom. The summed E-state index contributed by atoms with van der Waals surface area (Å²) < 4.78 is 5.61. The van der Waals surface area contributed by atoms with E-state index in [4.69, 9.17) is 4.74 Å². The molecule has 0 unspecified atom stereocenters. The van der Waals surface area contributed by atoms with Gasteiger partial charge in [0.25, 0.3) is 0 Å². The highest BCUT2D eigenvalue weighted by atomic mass is 16.5. The lowest BCUT2D eigenvalue weighted by molar-refractivity contribution is 0.159. The first-order chi connectivity index (χ1) is 8.02. The monoisotopic (exact) mass is 235 g/mol. The van der Waals surface area contributed by atoms with Crippen LogP contribution < -0.4 is 9.64 Å². The number of aliphatic hydroxyl groups is 1. The SMILES string of the molecule is CN1CCOc2ccc(CC(C)(C)CO)cc21. The third-order valence-electron chi connectivity index (χ3n) is 3.23. The Balaban J connectivity index is 2.24. The molecule has 3 heteroatoms. The molecule has 1 aliphatic heterocycles. The van der Waals surface area contributed by atoms with Crippen molar-refractivity contribution in [3.8, 4) is 5.75 Å². The molecule has 0 amide bonds. The summed E-state index contributed by atoms with van der Waals surface area (Å²) in [6.07, 6.45) is 0.880. The van der Waals surface area contributed by atoms with E-state index in [-0.39, 0.29) is 12.0 Å². The summed E-state index contributed by atoms with van der Waals surface area (Å²) >= 11 is 0. The van der Waals surface area contributed by atoms with E-state index in [1.54, 1.807) is 0 Å². The molecule has 0 saturated heterocycles. The molecular weight excluding hydrogens is 214 g/mol. The summed E-state index contributed by atoms with van der Waals surface area (Å²) in [5.74, 6) is 0.962. The molecule has 3 nitrogen and oxygen atoms in total. The fourth-order valence-electron chi connectivity index (χ4n) is 2.11. The number of rotatable bonds is 3. The van der Waals surface area contributed by atoms with Crippen LogP contribution in [0, 0.1) is 5.41 Å². The van der Waals surface area contributed by atoms with Gasteiger partial charge < -0.3 is 14.7 Å². The smallest absolute Gasteiger partial charge is 0.142 e. The van der Waals surface area contributed by atoms with Gasteiger partial charge in [-0.2, -0.15) is 0 Å². The van der Waals surface area contributed by atoms with E-state index in [1.165, 1.54) is 5.56 Å². The summed E-state index contributed by atoms with van der Waals surface area (Å²) in [4.78, 5) is 2.22. The molecule has 0 atom stereocenters. The number of ether oxygens (including phenoxy) is 1. The number of hydrogen-bond donors (Lipinski definition) is 1. The van der Waals surface area contributed by atoms with Crippen molar-refractivity contribution in [1.82, 2.24) is 0 Å². The lowest BCUT2D eigenvalue weighted by atomic mass is 9.86. The van der Waals surface area contributed by atoms with Crippen LogP contribution in [-0.2, 0) is 6.42 Å². The second-order valence-electron chi connectivity index (χ2n) is 5.57. The van der Waals surface area contributed by atoms with E-state index < -0.39 is 0 Å². The Hall–Kier alpha value is -1.22. The van der Waals surface area contributed by atoms with Crippen molar-refractivity contribution < 1.29 is 9.84 Å². The standard InChI is InChI=1S/C14H21NO2/c1-14(2,10-16)9-11-4-5-13-12(8-11)15(3)6-7-17-13/h4-5,8,16H,6-7,9-10H2,1-3H3. The highest BCUT2D eigenvalue weighted by Gasteiger charge is 2.20. The maximum absolute atomic E-state index is 9.31. The Bertz CT molecular complexity index is 401. The van der Waals surface area contributed by atoms with Crippen LogP contribution in [0.4, 0.5) is 5.69 Å². The summed E-state index contributed by atoms with van der Waals surface area (Å²) in [5.41, 5.74) is 2.34. The van der Waals surface area contributed by atoms with E-state index >= 15 is 0 Å². The van der Waals surface area contributed by atoms with Crippen LogP contribution in [0.5, 0.6) is 5.75 Å². The van der Waals surface area contributed by atoms with Crippen LogP contribution in [0.25, 0.3) is 0 Å². The highest BCUT2D eigenvalue weighted by Crippen LogP contribution is 2.33. The van der Waals surface area contributed by atoms with E-state index in [0.717, 1.165) is 31.0 Å². The summed E-state index contributed by atoms with van der Waals surface area (Å²) in [6, 6.07) is 6.30. The average molecular weight is 235 g/mol. The lowest BCUT2D eigenvalue weighted by Crippen LogP contribution is -2.29. The second-order valence-corrected chi connectivity index (χ2v) is 5.57. The van der Waals surface area contributed by atoms with Crippen molar-refractivity contribution >= 4 is 5.69 Å². The highest BCUT2D eigenvalue weighted by molar-refractivity contribution is 5.61. The molecule has 0 aliphatic carbocycles. The number of aliphatic hydroxyl groups excluding tert-OH is 1. The predicted octanol–water partition coefficient (Wildman–Crippen LogP) is 2.08. The third-order valence-corrected chi connectivity index (χ3v) is 3.23. The van der Waals surface area contributed by atoms with Crippen molar-refractivity contribution in [3.63, 3.8) is 0 Å². The number of anilines is 1. The molecule has 0 bridgehead atoms. The minimum atomic E-state index is -0.0671. The van der Waals surface area contributed by atoms with Gasteiger partial charge in [-0.15, -0.1) is 0 Å². The molecule has 17 heavy (non-hydrogen) atoms. The van der Waals surface area contributed by atoms with Crippen molar-refractivity contribution in [2.24, 2.45) is 5.41 Å². The summed E-state index contributed by atoms with van der Waals surface area (Å²) in [6.45, 7) is 6.04. The van der Waals surface area contributed by atoms with Gasteiger partial charge in [-0.25, -0.2) is 0 Å². The van der Waals surface area contributed by atoms with Crippen molar-refractivity contribution in [1.29, 1.82) is 0 Å². The van der Waals surface area contributed by atoms with Crippen LogP contribution in [0.1, 0.15) is 19.4 Å². The first-order valence-electron chi connectivity index (χ1n) is 6.09. The molecule has 0 aromatic heterocycles. The normalized spacial score (nSPS) is 15.4. The van der Waals surface area contributed by atoms with Gasteiger partial charge in [0.2, 0.25) is 0 Å². The Kier molecular flexibility index (Phi) is 3.29. The topological polar surface area (TPSA) is 32.7 Å². The predicted molar refractivity (Wildman–Crippen MR) is 69.8 cm³/mol. The van der Waals surface area contributed by atoms with Crippen LogP contribution >= 0.6 is 0 Å². The first-order valence-corrected chi connectivity index (χ1v) is 6.09. The largest absolute Gasteiger partial charge is 0.490 e. The molecule has 1 aliphatic rings. The van der Waals surface area contributed by atoms with Gasteiger partial charge in [0.05, 0.1) is 12.2 Å². The van der Waals surface area contributed by atoms with Gasteiger partial charge in [0, 0.05) is 13.7 Å². The fraction of sp³-hybridized carbons (Fsp3) is 0.571. The minimum absolute atomic E-state index is 0.0671. The summed E-state index contributed by atoms with van der Waals surface area (Å²) in [7, 11) is 2.09. The maximum atomic E-state index is 9.31. The van der Waals surface area contributed by atoms with Gasteiger partial charge >= 0.3 is 0 Å². The van der Waals surface area contributed by atoms with E-state index in [2.05, 4.69) is 37.9 Å². The number of likely N-dealkylation sites (N-methyl/N-ethyl adjacent to an activating group) is 1. The summed E-state index contributed by atoms with van der Waals surface area (Å²) in [5, 5.41) is 9.31. The lowest BCUT2D eigenvalue weighted by Gasteiger charge is -2.29. The Morgan fingerprint density at radius 3 is 2.88 bits per heavy atom. The van der Waals surface area contributed by atoms with Crippen LogP contribution in [0.15, 0.2) is 18.2 Å². The van der Waals surface area contributed by atoms with Crippen molar-refractivity contribution in [3.05, 3.63) is 23.8 Å². The minimum Gasteiger partial charge on any atom is -0.490 e. The van der Waals surface area contributed by atoms with Gasteiger partial charge in [0.1, 0.15) is 12.4 Å². The first kappa shape index (κ1) is 12.2. The van der Waals surface area contributed by atoms with Gasteiger partial charge in [0.15, 0.2) is 0 Å². The molecule has 94 valence electrons. The van der Waals surface area contributed by atoms with Gasteiger partial charge in [-0.1, -0.05) is 19.9 Å². The molecule has 1 N–H and O–H groups in total. The Morgan fingerprint density at radius 1 is 1.41 bits per heavy atom. The zero-order chi connectivity index (χ0) is 12.5. The van der Waals surface area contributed by atoms with Gasteiger partial charge in [-0.3, -0.25) is 0 Å². The molecule has 0 fully saturated rings. The third kappa shape index (κ3) is 2.72. The molecule has 1 aromatic carbocycles. The second kappa shape index (κ2) is 4.57. The zero-order valence-corrected chi connectivity index (χ0v) is 10.9. The van der Waals surface area contributed by atoms with Crippen molar-refractivity contribution in [2.75, 3.05) is 31.7 Å². The molecular formula is C14H21NO2. The fourth-order valence-corrected chi connectivity index (χ4v) is 2.11. The molecule has 0 radical (unpaired) electrons. The quantitative estimate of drug-likeness (QED) is 0.870. The number of fused-ring (bicyclic) bond motifs is 1. The van der Waals surface area contributed by atoms with Crippen LogP contribution in [0.3, 0.4) is 0 Å². The van der Waals surface area contributed by atoms with Gasteiger partial charge in [-0.05, 0) is 29.5 Å². The van der Waals surface area contributed by atoms with Crippen molar-refractivity contribution in [2.45, 2.75) is 20.3 Å². The average Bonchev–Trinajstić information content (AvgIpc) is 2.30.